The third-order valence-corrected chi connectivity index (χ3v) is 3.67. The van der Waals surface area contributed by atoms with Gasteiger partial charge in [-0.2, -0.15) is 0 Å². The van der Waals surface area contributed by atoms with Crippen molar-refractivity contribution in [3.05, 3.63) is 47.8 Å². The second-order valence-corrected chi connectivity index (χ2v) is 5.54. The number of pyridine rings is 1. The van der Waals surface area contributed by atoms with E-state index in [4.69, 9.17) is 9.47 Å². The molecule has 0 bridgehead atoms. The molecule has 2 aromatic rings. The summed E-state index contributed by atoms with van der Waals surface area (Å²) in [5, 5.41) is 5.51. The molecule has 2 amide bonds. The van der Waals surface area contributed by atoms with E-state index in [2.05, 4.69) is 15.6 Å². The van der Waals surface area contributed by atoms with Crippen molar-refractivity contribution in [3.8, 4) is 11.5 Å². The predicted octanol–water partition coefficient (Wildman–Crippen LogP) is 2.88. The Morgan fingerprint density at radius 3 is 2.35 bits per heavy atom. The summed E-state index contributed by atoms with van der Waals surface area (Å²) in [5.41, 5.74) is 0.899. The maximum Gasteiger partial charge on any atom is 0.274 e. The summed E-state index contributed by atoms with van der Waals surface area (Å²) in [7, 11) is 3.06. The van der Waals surface area contributed by atoms with E-state index in [1.807, 2.05) is 6.92 Å². The average Bonchev–Trinajstić information content (AvgIpc) is 2.68. The number of nitrogens with zero attached hydrogens (tertiary/aromatic N) is 1. The summed E-state index contributed by atoms with van der Waals surface area (Å²) in [5.74, 6) is 0.358. The number of ether oxygens (including phenoxy) is 2. The minimum absolute atomic E-state index is 0.155. The summed E-state index contributed by atoms with van der Waals surface area (Å²) in [6.07, 6.45) is 1.88. The molecule has 0 radical (unpaired) electrons. The van der Waals surface area contributed by atoms with Gasteiger partial charge in [0.25, 0.3) is 11.8 Å². The molecule has 1 heterocycles. The number of rotatable bonds is 8. The molecule has 0 fully saturated rings. The standard InChI is InChI=1S/C19H23N3O4/c1-4-5-11-20-18(23)14-7-6-8-15(22-14)19(24)21-13-9-10-16(25-2)17(12-13)26-3/h6-10,12H,4-5,11H2,1-3H3,(H,20,23)(H,21,24). The molecule has 0 aliphatic carbocycles. The highest BCUT2D eigenvalue weighted by molar-refractivity contribution is 6.04. The van der Waals surface area contributed by atoms with Crippen LogP contribution >= 0.6 is 0 Å². The van der Waals surface area contributed by atoms with Crippen molar-refractivity contribution in [2.24, 2.45) is 0 Å². The lowest BCUT2D eigenvalue weighted by Crippen LogP contribution is -2.26. The number of anilines is 1. The van der Waals surface area contributed by atoms with Crippen LogP contribution in [0, 0.1) is 0 Å². The Hall–Kier alpha value is -3.09. The average molecular weight is 357 g/mol. The Kier molecular flexibility index (Phi) is 6.96. The zero-order chi connectivity index (χ0) is 18.9. The highest BCUT2D eigenvalue weighted by atomic mass is 16.5. The highest BCUT2D eigenvalue weighted by Crippen LogP contribution is 2.29. The number of carbonyl (C=O) groups is 2. The van der Waals surface area contributed by atoms with E-state index in [1.54, 1.807) is 36.4 Å². The largest absolute Gasteiger partial charge is 0.493 e. The molecule has 0 saturated heterocycles. The van der Waals surface area contributed by atoms with Crippen molar-refractivity contribution < 1.29 is 19.1 Å². The molecular weight excluding hydrogens is 334 g/mol. The number of unbranched alkanes of at least 4 members (excludes halogenated alkanes) is 1. The van der Waals surface area contributed by atoms with Crippen LogP contribution in [0.5, 0.6) is 11.5 Å². The van der Waals surface area contributed by atoms with Gasteiger partial charge in [-0.15, -0.1) is 0 Å². The van der Waals surface area contributed by atoms with Gasteiger partial charge in [0, 0.05) is 18.3 Å². The zero-order valence-corrected chi connectivity index (χ0v) is 15.2. The number of carbonyl (C=O) groups excluding carboxylic acids is 2. The van der Waals surface area contributed by atoms with Crippen molar-refractivity contribution >= 4 is 17.5 Å². The second kappa shape index (κ2) is 9.41. The first kappa shape index (κ1) is 19.2. The van der Waals surface area contributed by atoms with Crippen LogP contribution in [0.3, 0.4) is 0 Å². The Labute approximate surface area is 152 Å². The Morgan fingerprint density at radius 1 is 1.00 bits per heavy atom. The highest BCUT2D eigenvalue weighted by Gasteiger charge is 2.13. The maximum atomic E-state index is 12.4. The first-order valence-electron chi connectivity index (χ1n) is 8.37. The monoisotopic (exact) mass is 357 g/mol. The number of aromatic nitrogens is 1. The van der Waals surface area contributed by atoms with Crippen LogP contribution in [-0.2, 0) is 0 Å². The van der Waals surface area contributed by atoms with Crippen LogP contribution in [-0.4, -0.2) is 37.6 Å². The minimum Gasteiger partial charge on any atom is -0.493 e. The molecule has 0 atom stereocenters. The molecule has 2 N–H and O–H groups in total. The molecule has 0 aliphatic rings. The summed E-state index contributed by atoms with van der Waals surface area (Å²) in [6, 6.07) is 9.80. The van der Waals surface area contributed by atoms with Crippen LogP contribution in [0.1, 0.15) is 40.7 Å². The number of hydrogen-bond donors (Lipinski definition) is 2. The van der Waals surface area contributed by atoms with E-state index in [1.165, 1.54) is 14.2 Å². The van der Waals surface area contributed by atoms with Crippen molar-refractivity contribution in [1.29, 1.82) is 0 Å². The topological polar surface area (TPSA) is 89.6 Å². The number of benzene rings is 1. The molecule has 26 heavy (non-hydrogen) atoms. The van der Waals surface area contributed by atoms with E-state index in [-0.39, 0.29) is 17.3 Å². The fraction of sp³-hybridized carbons (Fsp3) is 0.316. The van der Waals surface area contributed by atoms with Gasteiger partial charge < -0.3 is 20.1 Å². The molecule has 2 rings (SSSR count). The molecule has 0 spiro atoms. The van der Waals surface area contributed by atoms with Gasteiger partial charge in [-0.1, -0.05) is 19.4 Å². The fourth-order valence-corrected chi connectivity index (χ4v) is 2.27. The lowest BCUT2D eigenvalue weighted by molar-refractivity contribution is 0.0948. The van der Waals surface area contributed by atoms with Gasteiger partial charge in [0.1, 0.15) is 11.4 Å². The lowest BCUT2D eigenvalue weighted by Gasteiger charge is -2.11. The van der Waals surface area contributed by atoms with Crippen LogP contribution in [0.4, 0.5) is 5.69 Å². The molecule has 0 aliphatic heterocycles. The summed E-state index contributed by atoms with van der Waals surface area (Å²) in [4.78, 5) is 28.6. The summed E-state index contributed by atoms with van der Waals surface area (Å²) in [6.45, 7) is 2.63. The lowest BCUT2D eigenvalue weighted by atomic mass is 10.2. The van der Waals surface area contributed by atoms with E-state index < -0.39 is 5.91 Å². The molecule has 0 saturated carbocycles. The van der Waals surface area contributed by atoms with E-state index in [9.17, 15) is 9.59 Å². The fourth-order valence-electron chi connectivity index (χ4n) is 2.27. The molecular formula is C19H23N3O4. The van der Waals surface area contributed by atoms with E-state index in [0.29, 0.717) is 23.7 Å². The van der Waals surface area contributed by atoms with Gasteiger partial charge in [-0.3, -0.25) is 9.59 Å². The molecule has 0 unspecified atom stereocenters. The van der Waals surface area contributed by atoms with Crippen molar-refractivity contribution in [2.75, 3.05) is 26.1 Å². The molecule has 7 heteroatoms. The van der Waals surface area contributed by atoms with Crippen molar-refractivity contribution in [3.63, 3.8) is 0 Å². The van der Waals surface area contributed by atoms with Crippen molar-refractivity contribution in [1.82, 2.24) is 10.3 Å². The molecule has 1 aromatic carbocycles. The summed E-state index contributed by atoms with van der Waals surface area (Å²) < 4.78 is 10.4. The smallest absolute Gasteiger partial charge is 0.274 e. The zero-order valence-electron chi connectivity index (χ0n) is 15.2. The van der Waals surface area contributed by atoms with Gasteiger partial charge in [0.2, 0.25) is 0 Å². The third kappa shape index (κ3) is 4.95. The van der Waals surface area contributed by atoms with Crippen molar-refractivity contribution in [2.45, 2.75) is 19.8 Å². The molecule has 7 nitrogen and oxygen atoms in total. The van der Waals surface area contributed by atoms with Crippen LogP contribution in [0.15, 0.2) is 36.4 Å². The first-order valence-corrected chi connectivity index (χ1v) is 8.37. The Balaban J connectivity index is 2.10. The SMILES string of the molecule is CCCCNC(=O)c1cccc(C(=O)Nc2ccc(OC)c(OC)c2)n1. The molecule has 1 aromatic heterocycles. The number of amides is 2. The van der Waals surface area contributed by atoms with Crippen LogP contribution in [0.25, 0.3) is 0 Å². The maximum absolute atomic E-state index is 12.4. The van der Waals surface area contributed by atoms with Gasteiger partial charge in [0.15, 0.2) is 11.5 Å². The van der Waals surface area contributed by atoms with Crippen LogP contribution in [0.2, 0.25) is 0 Å². The van der Waals surface area contributed by atoms with Gasteiger partial charge in [0.05, 0.1) is 14.2 Å². The third-order valence-electron chi connectivity index (χ3n) is 3.67. The minimum atomic E-state index is -0.416. The summed E-state index contributed by atoms with van der Waals surface area (Å²) >= 11 is 0. The molecule has 138 valence electrons. The number of methoxy groups -OCH3 is 2. The Morgan fingerprint density at radius 2 is 1.69 bits per heavy atom. The van der Waals surface area contributed by atoms with Crippen LogP contribution < -0.4 is 20.1 Å². The normalized spacial score (nSPS) is 10.1. The predicted molar refractivity (Wildman–Crippen MR) is 99.0 cm³/mol. The number of hydrogen-bond acceptors (Lipinski definition) is 5. The van der Waals surface area contributed by atoms with E-state index in [0.717, 1.165) is 12.8 Å². The first-order chi connectivity index (χ1) is 12.6. The van der Waals surface area contributed by atoms with Gasteiger partial charge in [-0.05, 0) is 30.7 Å². The van der Waals surface area contributed by atoms with Gasteiger partial charge in [-0.25, -0.2) is 4.98 Å². The number of nitrogens with one attached hydrogen (secondary N) is 2. The quantitative estimate of drug-likeness (QED) is 0.709. The van der Waals surface area contributed by atoms with Gasteiger partial charge >= 0.3 is 0 Å². The Bertz CT molecular complexity index is 777. The second-order valence-electron chi connectivity index (χ2n) is 5.54. The van der Waals surface area contributed by atoms with E-state index >= 15 is 0 Å².